The summed E-state index contributed by atoms with van der Waals surface area (Å²) in [7, 11) is -4.48. The average Bonchev–Trinajstić information content (AvgIpc) is 3.21. The number of nitrogens with one attached hydrogen (secondary N) is 1. The van der Waals surface area contributed by atoms with E-state index in [-0.39, 0.29) is 16.5 Å². The average molecular weight is 620 g/mol. The summed E-state index contributed by atoms with van der Waals surface area (Å²) >= 11 is 12.5. The number of aromatic nitrogens is 2. The number of aliphatic hydroxyl groups is 1. The van der Waals surface area contributed by atoms with Gasteiger partial charge in [0.15, 0.2) is 5.69 Å². The fourth-order valence-electron chi connectivity index (χ4n) is 4.49. The van der Waals surface area contributed by atoms with Gasteiger partial charge in [-0.1, -0.05) is 36.0 Å². The van der Waals surface area contributed by atoms with Crippen molar-refractivity contribution in [1.82, 2.24) is 15.1 Å². The van der Waals surface area contributed by atoms with E-state index in [0.29, 0.717) is 40.4 Å². The third-order valence-electron chi connectivity index (χ3n) is 6.51. The number of hydrogen-bond donors (Lipinski definition) is 2. The lowest BCUT2D eigenvalue weighted by Gasteiger charge is -2.28. The van der Waals surface area contributed by atoms with Crippen LogP contribution in [0.1, 0.15) is 48.2 Å². The van der Waals surface area contributed by atoms with E-state index in [4.69, 9.17) is 27.4 Å². The fourth-order valence-corrected chi connectivity index (χ4v) is 5.95. The monoisotopic (exact) mass is 619 g/mol. The highest BCUT2D eigenvalue weighted by molar-refractivity contribution is 7.87. The molecule has 40 heavy (non-hydrogen) atoms. The lowest BCUT2D eigenvalue weighted by molar-refractivity contribution is -0.130. The van der Waals surface area contributed by atoms with Gasteiger partial charge in [0.05, 0.1) is 40.7 Å². The number of carbonyl (C=O) groups is 1. The second-order valence-electron chi connectivity index (χ2n) is 9.50. The second kappa shape index (κ2) is 12.0. The maximum absolute atomic E-state index is 13.3. The van der Waals surface area contributed by atoms with Gasteiger partial charge in [-0.3, -0.25) is 4.79 Å². The number of amides is 1. The van der Waals surface area contributed by atoms with Crippen LogP contribution >= 0.6 is 23.2 Å². The summed E-state index contributed by atoms with van der Waals surface area (Å²) in [6.07, 6.45) is -3.86. The molecule has 0 aliphatic heterocycles. The zero-order valence-corrected chi connectivity index (χ0v) is 23.5. The van der Waals surface area contributed by atoms with Crippen molar-refractivity contribution in [2.24, 2.45) is 0 Å². The molecular formula is C26H26Cl2F3N3O5S. The van der Waals surface area contributed by atoms with E-state index in [0.717, 1.165) is 12.8 Å². The molecule has 1 heterocycles. The van der Waals surface area contributed by atoms with Crippen LogP contribution in [-0.2, 0) is 10.1 Å². The Bertz CT molecular complexity index is 1490. The molecule has 1 aromatic heterocycles. The standard InChI is InChI=1S/C26H26Cl2F3N3O5S/c1-15-23(25(36)32-20-4-2-3-5-22(20)35)33-34(21-11-8-17(27)14-19(21)28)24(15)16-6-9-18(10-7-16)39-40(37,38)13-12-26(29,30)31/h6-11,14,20,22,35H,2-5,12-13H2,1H3,(H,32,36). The molecule has 1 fully saturated rings. The van der Waals surface area contributed by atoms with Crippen molar-refractivity contribution in [3.05, 3.63) is 63.8 Å². The minimum absolute atomic E-state index is 0.0915. The summed E-state index contributed by atoms with van der Waals surface area (Å²) < 4.78 is 67.7. The van der Waals surface area contributed by atoms with Crippen LogP contribution in [0.5, 0.6) is 5.75 Å². The van der Waals surface area contributed by atoms with Crippen LogP contribution in [0.2, 0.25) is 10.0 Å². The van der Waals surface area contributed by atoms with E-state index in [2.05, 4.69) is 10.4 Å². The van der Waals surface area contributed by atoms with Gasteiger partial charge in [-0.15, -0.1) is 0 Å². The molecule has 3 aromatic rings. The first-order valence-electron chi connectivity index (χ1n) is 12.4. The van der Waals surface area contributed by atoms with Gasteiger partial charge in [-0.2, -0.15) is 26.7 Å². The van der Waals surface area contributed by atoms with E-state index in [9.17, 15) is 31.5 Å². The molecule has 4 rings (SSSR count). The van der Waals surface area contributed by atoms with Gasteiger partial charge >= 0.3 is 16.3 Å². The zero-order valence-electron chi connectivity index (χ0n) is 21.2. The van der Waals surface area contributed by atoms with Gasteiger partial charge in [0, 0.05) is 16.1 Å². The third kappa shape index (κ3) is 7.28. The fraction of sp³-hybridized carbons (Fsp3) is 0.385. The predicted octanol–water partition coefficient (Wildman–Crippen LogP) is 5.85. The molecule has 2 atom stereocenters. The third-order valence-corrected chi connectivity index (χ3v) is 8.20. The Morgan fingerprint density at radius 1 is 1.15 bits per heavy atom. The lowest BCUT2D eigenvalue weighted by atomic mass is 9.92. The minimum Gasteiger partial charge on any atom is -0.391 e. The molecule has 14 heteroatoms. The molecule has 0 bridgehead atoms. The van der Waals surface area contributed by atoms with Crippen LogP contribution in [0.15, 0.2) is 42.5 Å². The number of rotatable bonds is 8. The number of alkyl halides is 3. The Kier molecular flexibility index (Phi) is 9.03. The summed E-state index contributed by atoms with van der Waals surface area (Å²) in [6.45, 7) is 1.68. The maximum Gasteiger partial charge on any atom is 0.390 e. The van der Waals surface area contributed by atoms with E-state index in [1.807, 2.05) is 0 Å². The molecule has 0 radical (unpaired) electrons. The second-order valence-corrected chi connectivity index (χ2v) is 12.0. The first-order chi connectivity index (χ1) is 18.7. The molecule has 8 nitrogen and oxygen atoms in total. The minimum atomic E-state index is -4.64. The van der Waals surface area contributed by atoms with Crippen molar-refractivity contribution in [2.45, 2.75) is 57.3 Å². The Morgan fingerprint density at radius 3 is 2.45 bits per heavy atom. The molecule has 0 saturated heterocycles. The Labute approximate surface area is 239 Å². The van der Waals surface area contributed by atoms with Crippen LogP contribution in [0.3, 0.4) is 0 Å². The highest BCUT2D eigenvalue weighted by Crippen LogP contribution is 2.34. The molecule has 2 unspecified atom stereocenters. The van der Waals surface area contributed by atoms with Crippen molar-refractivity contribution < 1.29 is 35.7 Å². The highest BCUT2D eigenvalue weighted by Gasteiger charge is 2.31. The predicted molar refractivity (Wildman–Crippen MR) is 145 cm³/mol. The Balaban J connectivity index is 1.69. The summed E-state index contributed by atoms with van der Waals surface area (Å²) in [5.74, 6) is -1.87. The van der Waals surface area contributed by atoms with Gasteiger partial charge in [-0.05, 0) is 62.2 Å². The zero-order chi connectivity index (χ0) is 29.2. The van der Waals surface area contributed by atoms with Gasteiger partial charge in [0.25, 0.3) is 5.91 Å². The van der Waals surface area contributed by atoms with Crippen LogP contribution in [0.4, 0.5) is 13.2 Å². The van der Waals surface area contributed by atoms with Crippen LogP contribution in [-0.4, -0.2) is 53.3 Å². The molecular weight excluding hydrogens is 594 g/mol. The van der Waals surface area contributed by atoms with E-state index in [1.165, 1.54) is 35.0 Å². The normalized spacial score (nSPS) is 18.0. The van der Waals surface area contributed by atoms with Crippen molar-refractivity contribution >= 4 is 39.2 Å². The lowest BCUT2D eigenvalue weighted by Crippen LogP contribution is -2.45. The van der Waals surface area contributed by atoms with E-state index in [1.54, 1.807) is 19.1 Å². The van der Waals surface area contributed by atoms with Gasteiger partial charge < -0.3 is 14.6 Å². The Hall–Kier alpha value is -2.80. The van der Waals surface area contributed by atoms with Gasteiger partial charge in [-0.25, -0.2) is 4.68 Å². The summed E-state index contributed by atoms with van der Waals surface area (Å²) in [5, 5.41) is 18.3. The number of carbonyl (C=O) groups excluding carboxylic acids is 1. The first kappa shape index (κ1) is 30.2. The number of nitrogens with zero attached hydrogens (tertiary/aromatic N) is 2. The molecule has 1 aliphatic rings. The molecule has 0 spiro atoms. The summed E-state index contributed by atoms with van der Waals surface area (Å²) in [4.78, 5) is 13.3. The van der Waals surface area contributed by atoms with Crippen molar-refractivity contribution in [3.8, 4) is 22.7 Å². The SMILES string of the molecule is Cc1c(C(=O)NC2CCCCC2O)nn(-c2ccc(Cl)cc2Cl)c1-c1ccc(OS(=O)(=O)CCC(F)(F)F)cc1. The van der Waals surface area contributed by atoms with Gasteiger partial charge in [0.2, 0.25) is 0 Å². The van der Waals surface area contributed by atoms with E-state index < -0.39 is 46.5 Å². The number of aliphatic hydroxyl groups excluding tert-OH is 1. The van der Waals surface area contributed by atoms with Crippen molar-refractivity contribution in [3.63, 3.8) is 0 Å². The summed E-state index contributed by atoms with van der Waals surface area (Å²) in [5.41, 5.74) is 1.92. The molecule has 216 valence electrons. The Morgan fingerprint density at radius 2 is 1.82 bits per heavy atom. The van der Waals surface area contributed by atoms with E-state index >= 15 is 0 Å². The first-order valence-corrected chi connectivity index (χ1v) is 14.7. The van der Waals surface area contributed by atoms with Crippen LogP contribution in [0, 0.1) is 6.92 Å². The smallest absolute Gasteiger partial charge is 0.390 e. The quantitative estimate of drug-likeness (QED) is 0.306. The largest absolute Gasteiger partial charge is 0.391 e. The maximum atomic E-state index is 13.3. The summed E-state index contributed by atoms with van der Waals surface area (Å²) in [6, 6.07) is 9.89. The highest BCUT2D eigenvalue weighted by atomic mass is 35.5. The molecule has 1 amide bonds. The van der Waals surface area contributed by atoms with Crippen LogP contribution in [0.25, 0.3) is 16.9 Å². The van der Waals surface area contributed by atoms with Crippen LogP contribution < -0.4 is 9.50 Å². The number of halogens is 5. The number of hydrogen-bond acceptors (Lipinski definition) is 6. The molecule has 2 N–H and O–H groups in total. The molecule has 1 aliphatic carbocycles. The molecule has 1 saturated carbocycles. The topological polar surface area (TPSA) is 111 Å². The molecule has 2 aromatic carbocycles. The van der Waals surface area contributed by atoms with Crippen molar-refractivity contribution in [1.29, 1.82) is 0 Å². The van der Waals surface area contributed by atoms with Crippen molar-refractivity contribution in [2.75, 3.05) is 5.75 Å². The number of benzene rings is 2. The van der Waals surface area contributed by atoms with Gasteiger partial charge in [0.1, 0.15) is 5.75 Å².